The highest BCUT2D eigenvalue weighted by molar-refractivity contribution is 5.95. The zero-order chi connectivity index (χ0) is 14.1. The minimum Gasteiger partial charge on any atom is -0.493 e. The van der Waals surface area contributed by atoms with Crippen LogP contribution in [0.25, 0.3) is 0 Å². The van der Waals surface area contributed by atoms with Crippen molar-refractivity contribution in [1.82, 2.24) is 4.90 Å². The lowest BCUT2D eigenvalue weighted by Crippen LogP contribution is -2.36. The van der Waals surface area contributed by atoms with Gasteiger partial charge in [-0.25, -0.2) is 0 Å². The Morgan fingerprint density at radius 1 is 1.15 bits per heavy atom. The number of hydrogen-bond donors (Lipinski definition) is 0. The van der Waals surface area contributed by atoms with Gasteiger partial charge in [0.25, 0.3) is 5.91 Å². The number of carbonyl (C=O) groups excluding carboxylic acids is 1. The van der Waals surface area contributed by atoms with E-state index in [1.165, 1.54) is 12.8 Å². The van der Waals surface area contributed by atoms with Crippen LogP contribution in [0.15, 0.2) is 18.2 Å². The smallest absolute Gasteiger partial charge is 0.254 e. The van der Waals surface area contributed by atoms with Crippen molar-refractivity contribution in [2.24, 2.45) is 5.92 Å². The SMILES string of the molecule is COc1ccc(C(=O)N2CCCC2C2CC2)cc1OC. The van der Waals surface area contributed by atoms with Crippen LogP contribution in [0.2, 0.25) is 0 Å². The molecule has 108 valence electrons. The summed E-state index contributed by atoms with van der Waals surface area (Å²) in [7, 11) is 3.19. The van der Waals surface area contributed by atoms with Gasteiger partial charge in [-0.15, -0.1) is 0 Å². The van der Waals surface area contributed by atoms with E-state index in [4.69, 9.17) is 9.47 Å². The number of methoxy groups -OCH3 is 2. The van der Waals surface area contributed by atoms with Gasteiger partial charge in [-0.2, -0.15) is 0 Å². The molecule has 0 radical (unpaired) electrons. The number of nitrogens with zero attached hydrogens (tertiary/aromatic N) is 1. The van der Waals surface area contributed by atoms with Gasteiger partial charge < -0.3 is 14.4 Å². The highest BCUT2D eigenvalue weighted by Crippen LogP contribution is 2.40. The summed E-state index contributed by atoms with van der Waals surface area (Å²) in [6.45, 7) is 0.883. The molecule has 0 N–H and O–H groups in total. The lowest BCUT2D eigenvalue weighted by atomic mass is 10.1. The zero-order valence-electron chi connectivity index (χ0n) is 12.1. The first-order chi connectivity index (χ1) is 9.74. The van der Waals surface area contributed by atoms with E-state index >= 15 is 0 Å². The highest BCUT2D eigenvalue weighted by Gasteiger charge is 2.40. The maximum absolute atomic E-state index is 12.7. The first-order valence-corrected chi connectivity index (χ1v) is 7.27. The third-order valence-corrected chi connectivity index (χ3v) is 4.36. The molecule has 1 atom stereocenters. The average molecular weight is 275 g/mol. The monoisotopic (exact) mass is 275 g/mol. The fraction of sp³-hybridized carbons (Fsp3) is 0.562. The van der Waals surface area contributed by atoms with Gasteiger partial charge in [0, 0.05) is 18.2 Å². The molecule has 4 nitrogen and oxygen atoms in total. The van der Waals surface area contributed by atoms with E-state index in [2.05, 4.69) is 4.90 Å². The molecule has 1 aliphatic heterocycles. The van der Waals surface area contributed by atoms with Gasteiger partial charge in [-0.1, -0.05) is 0 Å². The molecule has 1 unspecified atom stereocenters. The normalized spacial score (nSPS) is 21.9. The standard InChI is InChI=1S/C16H21NO3/c1-19-14-8-7-12(10-15(14)20-2)16(18)17-9-3-4-13(17)11-5-6-11/h7-8,10-11,13H,3-6,9H2,1-2H3. The van der Waals surface area contributed by atoms with Gasteiger partial charge in [-0.05, 0) is 49.8 Å². The lowest BCUT2D eigenvalue weighted by molar-refractivity contribution is 0.0720. The van der Waals surface area contributed by atoms with Crippen molar-refractivity contribution in [3.05, 3.63) is 23.8 Å². The van der Waals surface area contributed by atoms with Crippen molar-refractivity contribution < 1.29 is 14.3 Å². The second-order valence-electron chi connectivity index (χ2n) is 5.62. The summed E-state index contributed by atoms with van der Waals surface area (Å²) in [5.74, 6) is 2.13. The Morgan fingerprint density at radius 3 is 2.55 bits per heavy atom. The summed E-state index contributed by atoms with van der Waals surface area (Å²) in [5, 5.41) is 0. The van der Waals surface area contributed by atoms with Gasteiger partial charge in [0.05, 0.1) is 14.2 Å². The van der Waals surface area contributed by atoms with E-state index in [0.717, 1.165) is 25.3 Å². The van der Waals surface area contributed by atoms with E-state index in [0.29, 0.717) is 23.1 Å². The van der Waals surface area contributed by atoms with Crippen LogP contribution in [0, 0.1) is 5.92 Å². The molecule has 1 amide bonds. The number of hydrogen-bond acceptors (Lipinski definition) is 3. The molecule has 1 aliphatic carbocycles. The maximum Gasteiger partial charge on any atom is 0.254 e. The Hall–Kier alpha value is -1.71. The van der Waals surface area contributed by atoms with Crippen LogP contribution in [0.1, 0.15) is 36.0 Å². The average Bonchev–Trinajstić information content (AvgIpc) is 3.22. The molecule has 2 fully saturated rings. The van der Waals surface area contributed by atoms with Gasteiger partial charge in [-0.3, -0.25) is 4.79 Å². The molecule has 3 rings (SSSR count). The third-order valence-electron chi connectivity index (χ3n) is 4.36. The molecule has 1 aromatic rings. The van der Waals surface area contributed by atoms with E-state index in [1.807, 2.05) is 6.07 Å². The summed E-state index contributed by atoms with van der Waals surface area (Å²) in [6.07, 6.45) is 4.84. The van der Waals surface area contributed by atoms with Gasteiger partial charge >= 0.3 is 0 Å². The molecule has 0 spiro atoms. The van der Waals surface area contributed by atoms with E-state index in [9.17, 15) is 4.79 Å². The van der Waals surface area contributed by atoms with Crippen LogP contribution in [-0.4, -0.2) is 37.6 Å². The zero-order valence-corrected chi connectivity index (χ0v) is 12.1. The Morgan fingerprint density at radius 2 is 1.90 bits per heavy atom. The van der Waals surface area contributed by atoms with Gasteiger partial charge in [0.2, 0.25) is 0 Å². The van der Waals surface area contributed by atoms with Crippen molar-refractivity contribution in [3.63, 3.8) is 0 Å². The first-order valence-electron chi connectivity index (χ1n) is 7.27. The van der Waals surface area contributed by atoms with E-state index in [1.54, 1.807) is 26.4 Å². The number of rotatable bonds is 4. The Bertz CT molecular complexity index is 510. The minimum absolute atomic E-state index is 0.125. The quantitative estimate of drug-likeness (QED) is 0.848. The van der Waals surface area contributed by atoms with E-state index in [-0.39, 0.29) is 5.91 Å². The predicted octanol–water partition coefficient (Wildman–Crippen LogP) is 2.72. The van der Waals surface area contributed by atoms with Crippen molar-refractivity contribution in [1.29, 1.82) is 0 Å². The summed E-state index contributed by atoms with van der Waals surface area (Å²) >= 11 is 0. The third kappa shape index (κ3) is 2.35. The fourth-order valence-corrected chi connectivity index (χ4v) is 3.15. The molecule has 2 aliphatic rings. The molecule has 1 saturated heterocycles. The molecule has 20 heavy (non-hydrogen) atoms. The molecule has 1 saturated carbocycles. The molecule has 1 aromatic carbocycles. The fourth-order valence-electron chi connectivity index (χ4n) is 3.15. The van der Waals surface area contributed by atoms with Gasteiger partial charge in [0.15, 0.2) is 11.5 Å². The largest absolute Gasteiger partial charge is 0.493 e. The van der Waals surface area contributed by atoms with Crippen LogP contribution < -0.4 is 9.47 Å². The minimum atomic E-state index is 0.125. The second-order valence-corrected chi connectivity index (χ2v) is 5.62. The van der Waals surface area contributed by atoms with Crippen molar-refractivity contribution in [3.8, 4) is 11.5 Å². The lowest BCUT2D eigenvalue weighted by Gasteiger charge is -2.25. The number of carbonyl (C=O) groups is 1. The number of amides is 1. The summed E-state index contributed by atoms with van der Waals surface area (Å²) in [6, 6.07) is 5.86. The van der Waals surface area contributed by atoms with Crippen LogP contribution in [0.5, 0.6) is 11.5 Å². The number of benzene rings is 1. The van der Waals surface area contributed by atoms with Crippen molar-refractivity contribution in [2.45, 2.75) is 31.7 Å². The van der Waals surface area contributed by atoms with Crippen LogP contribution in [-0.2, 0) is 0 Å². The highest BCUT2D eigenvalue weighted by atomic mass is 16.5. The van der Waals surface area contributed by atoms with Crippen molar-refractivity contribution >= 4 is 5.91 Å². The predicted molar refractivity (Wildman–Crippen MR) is 76.3 cm³/mol. The van der Waals surface area contributed by atoms with Gasteiger partial charge in [0.1, 0.15) is 0 Å². The van der Waals surface area contributed by atoms with Crippen LogP contribution >= 0.6 is 0 Å². The van der Waals surface area contributed by atoms with Crippen molar-refractivity contribution in [2.75, 3.05) is 20.8 Å². The molecule has 4 heteroatoms. The second kappa shape index (κ2) is 5.35. The maximum atomic E-state index is 12.7. The molecule has 0 aromatic heterocycles. The summed E-state index contributed by atoms with van der Waals surface area (Å²) in [5.41, 5.74) is 0.690. The van der Waals surface area contributed by atoms with Crippen LogP contribution in [0.3, 0.4) is 0 Å². The Kier molecular flexibility index (Phi) is 3.55. The topological polar surface area (TPSA) is 38.8 Å². The molecule has 0 bridgehead atoms. The van der Waals surface area contributed by atoms with Crippen LogP contribution in [0.4, 0.5) is 0 Å². The molecular weight excluding hydrogens is 254 g/mol. The summed E-state index contributed by atoms with van der Waals surface area (Å²) < 4.78 is 10.5. The Balaban J connectivity index is 1.82. The summed E-state index contributed by atoms with van der Waals surface area (Å²) in [4.78, 5) is 14.7. The first kappa shape index (κ1) is 13.3. The molecule has 1 heterocycles. The number of likely N-dealkylation sites (tertiary alicyclic amines) is 1. The Labute approximate surface area is 119 Å². The number of ether oxygens (including phenoxy) is 2. The van der Waals surface area contributed by atoms with E-state index < -0.39 is 0 Å². The molecular formula is C16H21NO3.